The van der Waals surface area contributed by atoms with E-state index in [1.54, 1.807) is 19.2 Å². The molecule has 4 nitrogen and oxygen atoms in total. The highest BCUT2D eigenvalue weighted by molar-refractivity contribution is 9.10. The number of likely N-dealkylation sites (N-methyl/N-ethyl adjacent to an activating group) is 1. The molecule has 0 aromatic heterocycles. The number of nitrogens with zero attached hydrogens (tertiary/aromatic N) is 1. The molecule has 0 atom stereocenters. The summed E-state index contributed by atoms with van der Waals surface area (Å²) < 4.78 is 18.8. The Kier molecular flexibility index (Phi) is 7.46. The van der Waals surface area contributed by atoms with Crippen LogP contribution in [0.2, 0.25) is 0 Å². The second-order valence-corrected chi connectivity index (χ2v) is 7.24. The maximum atomic E-state index is 12.9. The molecule has 1 amide bonds. The van der Waals surface area contributed by atoms with Crippen molar-refractivity contribution in [2.24, 2.45) is 0 Å². The summed E-state index contributed by atoms with van der Waals surface area (Å²) in [6.07, 6.45) is 0. The minimum Gasteiger partial charge on any atom is -0.455 e. The van der Waals surface area contributed by atoms with Gasteiger partial charge >= 0.3 is 5.97 Å². The zero-order valence-corrected chi connectivity index (χ0v) is 16.0. The van der Waals surface area contributed by atoms with E-state index in [-0.39, 0.29) is 24.1 Å². The molecule has 0 bridgehead atoms. The Balaban J connectivity index is 1.71. The quantitative estimate of drug-likeness (QED) is 0.498. The van der Waals surface area contributed by atoms with Gasteiger partial charge in [0.2, 0.25) is 0 Å². The Labute approximate surface area is 158 Å². The second-order valence-electron chi connectivity index (χ2n) is 5.28. The lowest BCUT2D eigenvalue weighted by Gasteiger charge is -2.17. The molecule has 2 aromatic rings. The maximum Gasteiger partial charge on any atom is 0.316 e. The van der Waals surface area contributed by atoms with Crippen molar-refractivity contribution in [2.75, 3.05) is 19.4 Å². The fourth-order valence-corrected chi connectivity index (χ4v) is 2.88. The first-order valence-corrected chi connectivity index (χ1v) is 9.24. The Hall–Kier alpha value is -1.86. The van der Waals surface area contributed by atoms with Crippen LogP contribution in [0.15, 0.2) is 57.9 Å². The molecule has 0 saturated carbocycles. The molecule has 132 valence electrons. The van der Waals surface area contributed by atoms with Gasteiger partial charge in [0.15, 0.2) is 6.61 Å². The van der Waals surface area contributed by atoms with Gasteiger partial charge in [-0.25, -0.2) is 4.39 Å². The summed E-state index contributed by atoms with van der Waals surface area (Å²) in [5, 5.41) is 0. The van der Waals surface area contributed by atoms with Crippen molar-refractivity contribution in [3.8, 4) is 0 Å². The number of rotatable bonds is 7. The molecule has 2 aromatic carbocycles. The zero-order chi connectivity index (χ0) is 18.2. The molecule has 0 spiro atoms. The third kappa shape index (κ3) is 6.88. The topological polar surface area (TPSA) is 46.6 Å². The van der Waals surface area contributed by atoms with Crippen molar-refractivity contribution in [2.45, 2.75) is 11.4 Å². The van der Waals surface area contributed by atoms with Crippen LogP contribution in [0.25, 0.3) is 0 Å². The van der Waals surface area contributed by atoms with Gasteiger partial charge < -0.3 is 9.64 Å². The first kappa shape index (κ1) is 19.5. The Morgan fingerprint density at radius 3 is 2.40 bits per heavy atom. The number of halogens is 2. The summed E-state index contributed by atoms with van der Waals surface area (Å²) in [6, 6.07) is 13.5. The number of thioether (sulfide) groups is 1. The van der Waals surface area contributed by atoms with Gasteiger partial charge in [-0.2, -0.15) is 0 Å². The average Bonchev–Trinajstić information content (AvgIpc) is 2.61. The van der Waals surface area contributed by atoms with E-state index in [4.69, 9.17) is 4.74 Å². The van der Waals surface area contributed by atoms with Crippen LogP contribution in [0.1, 0.15) is 5.56 Å². The molecule has 0 heterocycles. The number of benzene rings is 2. The number of hydrogen-bond donors (Lipinski definition) is 0. The Morgan fingerprint density at radius 1 is 1.12 bits per heavy atom. The number of esters is 1. The van der Waals surface area contributed by atoms with Crippen LogP contribution in [-0.4, -0.2) is 36.2 Å². The van der Waals surface area contributed by atoms with Crippen LogP contribution in [0, 0.1) is 5.82 Å². The number of amides is 1. The third-order valence-corrected chi connectivity index (χ3v) is 4.80. The van der Waals surface area contributed by atoms with E-state index in [2.05, 4.69) is 15.9 Å². The van der Waals surface area contributed by atoms with E-state index >= 15 is 0 Å². The Morgan fingerprint density at radius 2 is 1.76 bits per heavy atom. The largest absolute Gasteiger partial charge is 0.455 e. The molecule has 0 fully saturated rings. The van der Waals surface area contributed by atoms with Crippen molar-refractivity contribution >= 4 is 39.6 Å². The molecule has 7 heteroatoms. The number of carbonyl (C=O) groups is 2. The molecular formula is C18H17BrFNO3S. The van der Waals surface area contributed by atoms with Crippen LogP contribution in [0.3, 0.4) is 0 Å². The van der Waals surface area contributed by atoms with Gasteiger partial charge in [0, 0.05) is 23.0 Å². The molecule has 0 aliphatic carbocycles. The summed E-state index contributed by atoms with van der Waals surface area (Å²) >= 11 is 4.69. The average molecular weight is 426 g/mol. The fraction of sp³-hybridized carbons (Fsp3) is 0.222. The number of carbonyl (C=O) groups excluding carboxylic acids is 2. The van der Waals surface area contributed by atoms with E-state index in [1.807, 2.05) is 24.3 Å². The van der Waals surface area contributed by atoms with E-state index < -0.39 is 5.97 Å². The Bertz CT molecular complexity index is 722. The lowest BCUT2D eigenvalue weighted by molar-refractivity contribution is -0.149. The number of hydrogen-bond acceptors (Lipinski definition) is 4. The molecule has 25 heavy (non-hydrogen) atoms. The monoisotopic (exact) mass is 425 g/mol. The van der Waals surface area contributed by atoms with Gasteiger partial charge in [-0.05, 0) is 42.0 Å². The first-order valence-electron chi connectivity index (χ1n) is 7.46. The van der Waals surface area contributed by atoms with Crippen molar-refractivity contribution in [3.05, 3.63) is 64.4 Å². The van der Waals surface area contributed by atoms with E-state index in [1.165, 1.54) is 28.8 Å². The van der Waals surface area contributed by atoms with Crippen LogP contribution in [-0.2, 0) is 20.9 Å². The van der Waals surface area contributed by atoms with Gasteiger partial charge in [-0.1, -0.05) is 28.1 Å². The summed E-state index contributed by atoms with van der Waals surface area (Å²) in [4.78, 5) is 26.1. The summed E-state index contributed by atoms with van der Waals surface area (Å²) in [7, 11) is 1.61. The maximum absolute atomic E-state index is 12.9. The summed E-state index contributed by atoms with van der Waals surface area (Å²) in [5.41, 5.74) is 0.800. The minimum absolute atomic E-state index is 0.136. The fourth-order valence-electron chi connectivity index (χ4n) is 1.92. The SMILES string of the molecule is CN(Cc1ccc(F)cc1)C(=O)COC(=O)CSc1ccc(Br)cc1. The molecule has 0 radical (unpaired) electrons. The van der Waals surface area contributed by atoms with Crippen molar-refractivity contribution in [1.29, 1.82) is 0 Å². The van der Waals surface area contributed by atoms with Crippen molar-refractivity contribution in [1.82, 2.24) is 4.90 Å². The summed E-state index contributed by atoms with van der Waals surface area (Å²) in [6.45, 7) is 0.0156. The van der Waals surface area contributed by atoms with Gasteiger partial charge in [-0.3, -0.25) is 9.59 Å². The van der Waals surface area contributed by atoms with E-state index in [9.17, 15) is 14.0 Å². The molecule has 2 rings (SSSR count). The zero-order valence-electron chi connectivity index (χ0n) is 13.6. The highest BCUT2D eigenvalue weighted by Crippen LogP contribution is 2.20. The predicted octanol–water partition coefficient (Wildman–Crippen LogP) is 3.88. The first-order chi connectivity index (χ1) is 11.9. The summed E-state index contributed by atoms with van der Waals surface area (Å²) in [5.74, 6) is -0.950. The lowest BCUT2D eigenvalue weighted by Crippen LogP contribution is -2.31. The third-order valence-electron chi connectivity index (χ3n) is 3.29. The van der Waals surface area contributed by atoms with Crippen molar-refractivity contribution < 1.29 is 18.7 Å². The number of ether oxygens (including phenoxy) is 1. The smallest absolute Gasteiger partial charge is 0.316 e. The van der Waals surface area contributed by atoms with Crippen LogP contribution in [0.5, 0.6) is 0 Å². The van der Waals surface area contributed by atoms with Gasteiger partial charge in [-0.15, -0.1) is 11.8 Å². The highest BCUT2D eigenvalue weighted by atomic mass is 79.9. The van der Waals surface area contributed by atoms with Gasteiger partial charge in [0.25, 0.3) is 5.91 Å². The molecule has 0 saturated heterocycles. The minimum atomic E-state index is -0.448. The standard InChI is InChI=1S/C18H17BrFNO3S/c1-21(10-13-2-6-15(20)7-3-13)17(22)11-24-18(23)12-25-16-8-4-14(19)5-9-16/h2-9H,10-12H2,1H3. The van der Waals surface area contributed by atoms with E-state index in [0.29, 0.717) is 6.54 Å². The molecule has 0 N–H and O–H groups in total. The molecule has 0 aliphatic rings. The van der Waals surface area contributed by atoms with Gasteiger partial charge in [0.05, 0.1) is 5.75 Å². The molecule has 0 unspecified atom stereocenters. The van der Waals surface area contributed by atoms with Crippen LogP contribution >= 0.6 is 27.7 Å². The van der Waals surface area contributed by atoms with Gasteiger partial charge in [0.1, 0.15) is 5.82 Å². The predicted molar refractivity (Wildman–Crippen MR) is 98.7 cm³/mol. The van der Waals surface area contributed by atoms with Crippen LogP contribution in [0.4, 0.5) is 4.39 Å². The second kappa shape index (κ2) is 9.58. The highest BCUT2D eigenvalue weighted by Gasteiger charge is 2.13. The lowest BCUT2D eigenvalue weighted by atomic mass is 10.2. The molecule has 0 aliphatic heterocycles. The van der Waals surface area contributed by atoms with Crippen LogP contribution < -0.4 is 0 Å². The van der Waals surface area contributed by atoms with E-state index in [0.717, 1.165) is 14.9 Å². The molecular weight excluding hydrogens is 409 g/mol. The van der Waals surface area contributed by atoms with Crippen molar-refractivity contribution in [3.63, 3.8) is 0 Å². The normalized spacial score (nSPS) is 10.4.